The lowest BCUT2D eigenvalue weighted by molar-refractivity contribution is -0.00803. The van der Waals surface area contributed by atoms with Gasteiger partial charge in [0.05, 0.1) is 19.3 Å². The number of aromatic nitrogens is 2. The molecule has 2 unspecified atom stereocenters. The topological polar surface area (TPSA) is 54.7 Å². The predicted octanol–water partition coefficient (Wildman–Crippen LogP) is 2.10. The highest BCUT2D eigenvalue weighted by Crippen LogP contribution is 2.32. The zero-order chi connectivity index (χ0) is 17.9. The lowest BCUT2D eigenvalue weighted by Gasteiger charge is -2.35. The summed E-state index contributed by atoms with van der Waals surface area (Å²) in [5.74, 6) is 1.53. The van der Waals surface area contributed by atoms with Crippen molar-refractivity contribution in [3.05, 3.63) is 53.3 Å². The number of benzene rings is 1. The molecule has 2 heterocycles. The normalized spacial score (nSPS) is 23.2. The molecule has 1 aliphatic heterocycles. The summed E-state index contributed by atoms with van der Waals surface area (Å²) in [5.41, 5.74) is 4.11. The van der Waals surface area contributed by atoms with Crippen molar-refractivity contribution in [3.63, 3.8) is 0 Å². The van der Waals surface area contributed by atoms with Crippen molar-refractivity contribution in [2.45, 2.75) is 24.9 Å². The van der Waals surface area contributed by atoms with Crippen LogP contribution in [0.4, 0.5) is 0 Å². The van der Waals surface area contributed by atoms with Crippen molar-refractivity contribution in [2.75, 3.05) is 33.3 Å². The Kier molecular flexibility index (Phi) is 4.93. The second-order valence-electron chi connectivity index (χ2n) is 7.12. The van der Waals surface area contributed by atoms with Crippen LogP contribution in [-0.2, 0) is 18.2 Å². The Bertz CT molecular complexity index is 784. The number of nitrogens with zero attached hydrogens (tertiary/aromatic N) is 4. The van der Waals surface area contributed by atoms with Gasteiger partial charge in [0, 0.05) is 44.9 Å². The number of nitrogens with one attached hydrogen (secondary N) is 1. The zero-order valence-corrected chi connectivity index (χ0v) is 15.6. The van der Waals surface area contributed by atoms with Crippen molar-refractivity contribution in [1.29, 1.82) is 0 Å². The molecule has 0 spiro atoms. The fourth-order valence-electron chi connectivity index (χ4n) is 4.05. The Balaban J connectivity index is 1.38. The summed E-state index contributed by atoms with van der Waals surface area (Å²) in [6, 6.07) is 8.81. The minimum absolute atomic E-state index is 0.0446. The maximum absolute atomic E-state index is 5.95. The number of rotatable bonds is 3. The minimum Gasteiger partial charge on any atom is -0.370 e. The van der Waals surface area contributed by atoms with Crippen LogP contribution < -0.4 is 5.32 Å². The fourth-order valence-corrected chi connectivity index (χ4v) is 4.05. The van der Waals surface area contributed by atoms with Crippen LogP contribution in [0, 0.1) is 0 Å². The van der Waals surface area contributed by atoms with Crippen LogP contribution >= 0.6 is 0 Å². The van der Waals surface area contributed by atoms with E-state index < -0.39 is 0 Å². The SMILES string of the molecule is CN=C(NCC1CCc2ccccc21)N1CCOC(c2cnn(C)c2)C1. The Labute approximate surface area is 154 Å². The lowest BCUT2D eigenvalue weighted by atomic mass is 10.0. The Morgan fingerprint density at radius 1 is 1.38 bits per heavy atom. The average molecular weight is 353 g/mol. The summed E-state index contributed by atoms with van der Waals surface area (Å²) in [4.78, 5) is 6.81. The van der Waals surface area contributed by atoms with E-state index in [2.05, 4.69) is 44.6 Å². The van der Waals surface area contributed by atoms with Crippen molar-refractivity contribution in [3.8, 4) is 0 Å². The summed E-state index contributed by atoms with van der Waals surface area (Å²) >= 11 is 0. The van der Waals surface area contributed by atoms with Gasteiger partial charge in [0.2, 0.25) is 0 Å². The third-order valence-electron chi connectivity index (χ3n) is 5.44. The second-order valence-corrected chi connectivity index (χ2v) is 7.12. The van der Waals surface area contributed by atoms with Crippen molar-refractivity contribution >= 4 is 5.96 Å². The number of guanidine groups is 1. The second kappa shape index (κ2) is 7.50. The molecule has 0 saturated carbocycles. The standard InChI is InChI=1S/C20H27N5O/c1-21-20(22-11-16-8-7-15-5-3-4-6-18(15)16)25-9-10-26-19(14-25)17-12-23-24(2)13-17/h3-6,12-13,16,19H,7-11,14H2,1-2H3,(H,21,22). The van der Waals surface area contributed by atoms with Gasteiger partial charge in [-0.1, -0.05) is 24.3 Å². The minimum atomic E-state index is 0.0446. The largest absolute Gasteiger partial charge is 0.370 e. The molecule has 6 heteroatoms. The van der Waals surface area contributed by atoms with Crippen molar-refractivity contribution in [1.82, 2.24) is 20.0 Å². The summed E-state index contributed by atoms with van der Waals surface area (Å²) in [6.07, 6.45) is 6.36. The fraction of sp³-hybridized carbons (Fsp3) is 0.500. The van der Waals surface area contributed by atoms with E-state index in [0.717, 1.165) is 31.2 Å². The number of hydrogen-bond acceptors (Lipinski definition) is 3. The van der Waals surface area contributed by atoms with Crippen LogP contribution in [0.2, 0.25) is 0 Å². The van der Waals surface area contributed by atoms with E-state index in [9.17, 15) is 0 Å². The highest BCUT2D eigenvalue weighted by molar-refractivity contribution is 5.80. The summed E-state index contributed by atoms with van der Waals surface area (Å²) < 4.78 is 7.77. The molecule has 138 valence electrons. The van der Waals surface area contributed by atoms with Crippen LogP contribution in [0.15, 0.2) is 41.7 Å². The van der Waals surface area contributed by atoms with Gasteiger partial charge in [-0.2, -0.15) is 5.10 Å². The molecule has 2 atom stereocenters. The molecule has 0 bridgehead atoms. The predicted molar refractivity (Wildman–Crippen MR) is 102 cm³/mol. The molecule has 2 aromatic rings. The van der Waals surface area contributed by atoms with Crippen molar-refractivity contribution in [2.24, 2.45) is 12.0 Å². The van der Waals surface area contributed by atoms with Crippen LogP contribution in [0.5, 0.6) is 0 Å². The zero-order valence-electron chi connectivity index (χ0n) is 15.6. The molecule has 1 saturated heterocycles. The molecular weight excluding hydrogens is 326 g/mol. The molecule has 1 aliphatic carbocycles. The number of fused-ring (bicyclic) bond motifs is 1. The van der Waals surface area contributed by atoms with E-state index in [1.165, 1.54) is 24.0 Å². The smallest absolute Gasteiger partial charge is 0.193 e. The van der Waals surface area contributed by atoms with Crippen LogP contribution in [0.25, 0.3) is 0 Å². The third-order valence-corrected chi connectivity index (χ3v) is 5.44. The van der Waals surface area contributed by atoms with E-state index in [4.69, 9.17) is 4.74 Å². The number of morpholine rings is 1. The van der Waals surface area contributed by atoms with E-state index in [1.54, 1.807) is 0 Å². The van der Waals surface area contributed by atoms with Crippen molar-refractivity contribution < 1.29 is 4.74 Å². The van der Waals surface area contributed by atoms with E-state index in [1.807, 2.05) is 31.2 Å². The number of hydrogen-bond donors (Lipinski definition) is 1. The van der Waals surface area contributed by atoms with Gasteiger partial charge in [-0.25, -0.2) is 0 Å². The van der Waals surface area contributed by atoms with Gasteiger partial charge in [0.25, 0.3) is 0 Å². The quantitative estimate of drug-likeness (QED) is 0.678. The maximum atomic E-state index is 5.95. The van der Waals surface area contributed by atoms with Crippen LogP contribution in [0.1, 0.15) is 35.1 Å². The molecule has 0 amide bonds. The molecule has 26 heavy (non-hydrogen) atoms. The Hall–Kier alpha value is -2.34. The van der Waals surface area contributed by atoms with Crippen LogP contribution in [0.3, 0.4) is 0 Å². The first-order valence-electron chi connectivity index (χ1n) is 9.38. The number of aryl methyl sites for hydroxylation is 2. The highest BCUT2D eigenvalue weighted by atomic mass is 16.5. The van der Waals surface area contributed by atoms with E-state index >= 15 is 0 Å². The molecule has 1 fully saturated rings. The van der Waals surface area contributed by atoms with E-state index in [-0.39, 0.29) is 6.10 Å². The van der Waals surface area contributed by atoms with Gasteiger partial charge in [0.1, 0.15) is 6.10 Å². The maximum Gasteiger partial charge on any atom is 0.193 e. The summed E-state index contributed by atoms with van der Waals surface area (Å²) in [6.45, 7) is 3.29. The first-order chi connectivity index (χ1) is 12.7. The van der Waals surface area contributed by atoms with E-state index in [0.29, 0.717) is 12.5 Å². The van der Waals surface area contributed by atoms with Gasteiger partial charge >= 0.3 is 0 Å². The summed E-state index contributed by atoms with van der Waals surface area (Å²) in [5, 5.41) is 7.86. The molecule has 0 radical (unpaired) electrons. The Morgan fingerprint density at radius 3 is 3.08 bits per heavy atom. The van der Waals surface area contributed by atoms with Gasteiger partial charge in [-0.05, 0) is 24.0 Å². The molecule has 2 aliphatic rings. The first-order valence-corrected chi connectivity index (χ1v) is 9.38. The third kappa shape index (κ3) is 3.46. The highest BCUT2D eigenvalue weighted by Gasteiger charge is 2.27. The molecule has 1 aromatic carbocycles. The summed E-state index contributed by atoms with van der Waals surface area (Å²) in [7, 11) is 3.80. The number of ether oxygens (including phenoxy) is 1. The molecule has 1 aromatic heterocycles. The van der Waals surface area contributed by atoms with Gasteiger partial charge < -0.3 is 15.0 Å². The first kappa shape index (κ1) is 17.1. The Morgan fingerprint density at radius 2 is 2.27 bits per heavy atom. The van der Waals surface area contributed by atoms with Crippen LogP contribution in [-0.4, -0.2) is 53.9 Å². The van der Waals surface area contributed by atoms with Gasteiger partial charge in [0.15, 0.2) is 5.96 Å². The average Bonchev–Trinajstić information content (AvgIpc) is 3.29. The van der Waals surface area contributed by atoms with Gasteiger partial charge in [-0.15, -0.1) is 0 Å². The number of aliphatic imine (C=N–C) groups is 1. The molecular formula is C20H27N5O. The monoisotopic (exact) mass is 353 g/mol. The lowest BCUT2D eigenvalue weighted by Crippen LogP contribution is -2.48. The molecule has 4 rings (SSSR count). The van der Waals surface area contributed by atoms with Gasteiger partial charge in [-0.3, -0.25) is 9.67 Å². The molecule has 6 nitrogen and oxygen atoms in total. The molecule has 1 N–H and O–H groups in total.